The zero-order chi connectivity index (χ0) is 13.9. The molecule has 3 heteroatoms. The first-order chi connectivity index (χ1) is 9.75. The lowest BCUT2D eigenvalue weighted by Crippen LogP contribution is -2.22. The molecule has 3 rings (SSSR count). The Bertz CT molecular complexity index is 733. The molecule has 1 heterocycles. The fraction of sp³-hybridized carbons (Fsp3) is 0.118. The Morgan fingerprint density at radius 2 is 1.75 bits per heavy atom. The molecular formula is C17H15NOS. The lowest BCUT2D eigenvalue weighted by molar-refractivity contribution is -0.119. The maximum atomic E-state index is 12.3. The summed E-state index contributed by atoms with van der Waals surface area (Å²) in [5, 5.41) is 3.21. The zero-order valence-electron chi connectivity index (χ0n) is 11.0. The Kier molecular flexibility index (Phi) is 3.63. The van der Waals surface area contributed by atoms with Crippen molar-refractivity contribution in [2.24, 2.45) is 5.73 Å². The molecule has 100 valence electrons. The molecule has 0 aliphatic rings. The van der Waals surface area contributed by atoms with E-state index in [9.17, 15) is 4.79 Å². The highest BCUT2D eigenvalue weighted by Gasteiger charge is 2.17. The van der Waals surface area contributed by atoms with Crippen LogP contribution >= 0.6 is 11.3 Å². The van der Waals surface area contributed by atoms with Gasteiger partial charge in [-0.05, 0) is 28.0 Å². The summed E-state index contributed by atoms with van der Waals surface area (Å²) in [6.45, 7) is 0. The number of nitrogens with two attached hydrogens (primary N) is 1. The van der Waals surface area contributed by atoms with Crippen molar-refractivity contribution in [2.75, 3.05) is 0 Å². The molecule has 20 heavy (non-hydrogen) atoms. The fourth-order valence-electron chi connectivity index (χ4n) is 2.31. The fourth-order valence-corrected chi connectivity index (χ4v) is 3.28. The SMILES string of the molecule is N[C@@H](C(=O)Cc1csc2ccccc12)c1ccccc1. The summed E-state index contributed by atoms with van der Waals surface area (Å²) in [5.74, 6) is 0.0553. The molecule has 0 saturated heterocycles. The lowest BCUT2D eigenvalue weighted by atomic mass is 9.98. The van der Waals surface area contributed by atoms with Crippen LogP contribution in [-0.4, -0.2) is 5.78 Å². The standard InChI is InChI=1S/C17H15NOS/c18-17(12-6-2-1-3-7-12)15(19)10-13-11-20-16-9-5-4-8-14(13)16/h1-9,11,17H,10,18H2/t17-/m1/s1. The largest absolute Gasteiger partial charge is 0.318 e. The molecule has 1 aromatic heterocycles. The van der Waals surface area contributed by atoms with E-state index in [0.29, 0.717) is 6.42 Å². The molecule has 0 bridgehead atoms. The minimum Gasteiger partial charge on any atom is -0.318 e. The minimum atomic E-state index is -0.546. The molecule has 0 amide bonds. The number of benzene rings is 2. The van der Waals surface area contributed by atoms with Crippen LogP contribution in [-0.2, 0) is 11.2 Å². The second-order valence-corrected chi connectivity index (χ2v) is 5.70. The van der Waals surface area contributed by atoms with Crippen LogP contribution in [0.1, 0.15) is 17.2 Å². The van der Waals surface area contributed by atoms with Crippen LogP contribution < -0.4 is 5.73 Å². The molecule has 1 atom stereocenters. The van der Waals surface area contributed by atoms with Gasteiger partial charge in [0.25, 0.3) is 0 Å². The molecule has 2 N–H and O–H groups in total. The molecule has 0 spiro atoms. The zero-order valence-corrected chi connectivity index (χ0v) is 11.8. The van der Waals surface area contributed by atoms with Gasteiger partial charge in [-0.1, -0.05) is 48.5 Å². The monoisotopic (exact) mass is 281 g/mol. The van der Waals surface area contributed by atoms with Crippen molar-refractivity contribution >= 4 is 27.2 Å². The number of carbonyl (C=O) groups excluding carboxylic acids is 1. The lowest BCUT2D eigenvalue weighted by Gasteiger charge is -2.10. The molecule has 3 aromatic rings. The number of rotatable bonds is 4. The van der Waals surface area contributed by atoms with Crippen molar-refractivity contribution in [2.45, 2.75) is 12.5 Å². The van der Waals surface area contributed by atoms with Crippen molar-refractivity contribution in [1.29, 1.82) is 0 Å². The Hall–Kier alpha value is -1.97. The van der Waals surface area contributed by atoms with Gasteiger partial charge in [0.2, 0.25) is 0 Å². The van der Waals surface area contributed by atoms with E-state index in [1.54, 1.807) is 11.3 Å². The number of ketones is 1. The van der Waals surface area contributed by atoms with E-state index in [0.717, 1.165) is 16.5 Å². The first kappa shape index (κ1) is 13.0. The highest BCUT2D eigenvalue weighted by molar-refractivity contribution is 7.17. The van der Waals surface area contributed by atoms with E-state index in [1.807, 2.05) is 42.5 Å². The van der Waals surface area contributed by atoms with Crippen LogP contribution in [0.5, 0.6) is 0 Å². The van der Waals surface area contributed by atoms with Crippen molar-refractivity contribution in [3.05, 3.63) is 71.1 Å². The summed E-state index contributed by atoms with van der Waals surface area (Å²) < 4.78 is 1.21. The van der Waals surface area contributed by atoms with E-state index in [1.165, 1.54) is 4.70 Å². The van der Waals surface area contributed by atoms with Gasteiger partial charge < -0.3 is 5.73 Å². The summed E-state index contributed by atoms with van der Waals surface area (Å²) in [6, 6.07) is 17.1. The van der Waals surface area contributed by atoms with Crippen LogP contribution in [0.15, 0.2) is 60.0 Å². The van der Waals surface area contributed by atoms with Gasteiger partial charge in [0.1, 0.15) is 0 Å². The molecule has 0 radical (unpaired) electrons. The normalized spacial score (nSPS) is 12.4. The molecule has 0 aliphatic heterocycles. The summed E-state index contributed by atoms with van der Waals surface area (Å²) in [4.78, 5) is 12.3. The van der Waals surface area contributed by atoms with Gasteiger partial charge in [-0.2, -0.15) is 0 Å². The predicted molar refractivity (Wildman–Crippen MR) is 83.9 cm³/mol. The van der Waals surface area contributed by atoms with E-state index in [-0.39, 0.29) is 5.78 Å². The predicted octanol–water partition coefficient (Wildman–Crippen LogP) is 3.71. The second-order valence-electron chi connectivity index (χ2n) is 4.79. The van der Waals surface area contributed by atoms with Gasteiger partial charge in [0.15, 0.2) is 5.78 Å². The molecule has 2 nitrogen and oxygen atoms in total. The van der Waals surface area contributed by atoms with Crippen molar-refractivity contribution in [1.82, 2.24) is 0 Å². The highest BCUT2D eigenvalue weighted by Crippen LogP contribution is 2.27. The third-order valence-corrected chi connectivity index (χ3v) is 4.44. The molecule has 0 fully saturated rings. The first-order valence-corrected chi connectivity index (χ1v) is 7.42. The van der Waals surface area contributed by atoms with Crippen LogP contribution in [0.4, 0.5) is 0 Å². The average molecular weight is 281 g/mol. The third kappa shape index (κ3) is 2.50. The van der Waals surface area contributed by atoms with Gasteiger partial charge in [-0.15, -0.1) is 11.3 Å². The summed E-state index contributed by atoms with van der Waals surface area (Å²) in [5.41, 5.74) is 8.00. The van der Waals surface area contributed by atoms with Crippen LogP contribution in [0.3, 0.4) is 0 Å². The van der Waals surface area contributed by atoms with E-state index in [2.05, 4.69) is 17.5 Å². The summed E-state index contributed by atoms with van der Waals surface area (Å²) >= 11 is 1.67. The van der Waals surface area contributed by atoms with Gasteiger partial charge >= 0.3 is 0 Å². The Morgan fingerprint density at radius 1 is 1.05 bits per heavy atom. The Labute approximate surface area is 121 Å². The van der Waals surface area contributed by atoms with Gasteiger partial charge in [0.05, 0.1) is 6.04 Å². The third-order valence-electron chi connectivity index (χ3n) is 3.43. The number of carbonyl (C=O) groups is 1. The van der Waals surface area contributed by atoms with Gasteiger partial charge in [-0.25, -0.2) is 0 Å². The van der Waals surface area contributed by atoms with E-state index >= 15 is 0 Å². The van der Waals surface area contributed by atoms with Gasteiger partial charge in [0, 0.05) is 11.1 Å². The smallest absolute Gasteiger partial charge is 0.158 e. The summed E-state index contributed by atoms with van der Waals surface area (Å²) in [6.07, 6.45) is 0.389. The quantitative estimate of drug-likeness (QED) is 0.792. The maximum Gasteiger partial charge on any atom is 0.158 e. The number of hydrogen-bond acceptors (Lipinski definition) is 3. The second kappa shape index (κ2) is 5.57. The molecule has 0 unspecified atom stereocenters. The Balaban J connectivity index is 1.82. The number of thiophene rings is 1. The van der Waals surface area contributed by atoms with Crippen molar-refractivity contribution in [3.8, 4) is 0 Å². The molecule has 0 saturated carbocycles. The number of hydrogen-bond donors (Lipinski definition) is 1. The van der Waals surface area contributed by atoms with Gasteiger partial charge in [-0.3, -0.25) is 4.79 Å². The highest BCUT2D eigenvalue weighted by atomic mass is 32.1. The Morgan fingerprint density at radius 3 is 2.55 bits per heavy atom. The number of Topliss-reactive ketones (excluding diaryl/α,β-unsaturated/α-hetero) is 1. The van der Waals surface area contributed by atoms with E-state index < -0.39 is 6.04 Å². The van der Waals surface area contributed by atoms with Crippen molar-refractivity contribution in [3.63, 3.8) is 0 Å². The van der Waals surface area contributed by atoms with Crippen molar-refractivity contribution < 1.29 is 4.79 Å². The van der Waals surface area contributed by atoms with Crippen LogP contribution in [0, 0.1) is 0 Å². The van der Waals surface area contributed by atoms with E-state index in [4.69, 9.17) is 5.73 Å². The topological polar surface area (TPSA) is 43.1 Å². The maximum absolute atomic E-state index is 12.3. The molecule has 2 aromatic carbocycles. The van der Waals surface area contributed by atoms with Crippen LogP contribution in [0.2, 0.25) is 0 Å². The minimum absolute atomic E-state index is 0.0553. The molecular weight excluding hydrogens is 266 g/mol. The summed E-state index contributed by atoms with van der Waals surface area (Å²) in [7, 11) is 0. The first-order valence-electron chi connectivity index (χ1n) is 6.54. The average Bonchev–Trinajstić information content (AvgIpc) is 2.91. The number of fused-ring (bicyclic) bond motifs is 1. The van der Waals surface area contributed by atoms with Crippen LogP contribution in [0.25, 0.3) is 10.1 Å². The molecule has 0 aliphatic carbocycles.